The van der Waals surface area contributed by atoms with E-state index in [9.17, 15) is 0 Å². The lowest BCUT2D eigenvalue weighted by Gasteiger charge is -2.11. The molecule has 2 aromatic carbocycles. The summed E-state index contributed by atoms with van der Waals surface area (Å²) in [6, 6.07) is 16.3. The minimum atomic E-state index is 0.469. The van der Waals surface area contributed by atoms with Crippen LogP contribution in [0.2, 0.25) is 0 Å². The molecule has 3 heteroatoms. The third-order valence-corrected chi connectivity index (χ3v) is 3.74. The van der Waals surface area contributed by atoms with E-state index in [0.29, 0.717) is 6.61 Å². The van der Waals surface area contributed by atoms with E-state index in [1.54, 1.807) is 0 Å². The summed E-state index contributed by atoms with van der Waals surface area (Å²) in [5.74, 6) is 1.86. The Kier molecular flexibility index (Phi) is 4.24. The van der Waals surface area contributed by atoms with Crippen LogP contribution in [0.3, 0.4) is 0 Å². The summed E-state index contributed by atoms with van der Waals surface area (Å²) in [6.45, 7) is 7.28. The van der Waals surface area contributed by atoms with Crippen LogP contribution in [0.5, 0.6) is 5.75 Å². The number of allylic oxidation sites excluding steroid dienone is 1. The standard InChI is InChI=1S/C19H20N2O/c1-3-9-15-10-5-8-13-18(15)22-14-19-20-16-11-6-7-12-17(16)21(19)4-2/h3,5-8,10-13H,1,4,9,14H2,2H3. The van der Waals surface area contributed by atoms with Crippen molar-refractivity contribution in [3.63, 3.8) is 0 Å². The van der Waals surface area contributed by atoms with Gasteiger partial charge in [-0.2, -0.15) is 0 Å². The number of benzene rings is 2. The Morgan fingerprint density at radius 3 is 2.73 bits per heavy atom. The number of hydrogen-bond acceptors (Lipinski definition) is 2. The molecule has 0 aliphatic carbocycles. The normalized spacial score (nSPS) is 10.8. The fourth-order valence-electron chi connectivity index (χ4n) is 2.70. The molecule has 0 spiro atoms. The van der Waals surface area contributed by atoms with Gasteiger partial charge in [0, 0.05) is 6.54 Å². The summed E-state index contributed by atoms with van der Waals surface area (Å²) < 4.78 is 8.22. The largest absolute Gasteiger partial charge is 0.485 e. The first kappa shape index (κ1) is 14.4. The molecule has 0 fully saturated rings. The van der Waals surface area contributed by atoms with E-state index < -0.39 is 0 Å². The van der Waals surface area contributed by atoms with Crippen LogP contribution in [0, 0.1) is 0 Å². The fourth-order valence-corrected chi connectivity index (χ4v) is 2.70. The molecule has 3 nitrogen and oxygen atoms in total. The van der Waals surface area contributed by atoms with Crippen molar-refractivity contribution in [2.24, 2.45) is 0 Å². The molecule has 0 aliphatic heterocycles. The summed E-state index contributed by atoms with van der Waals surface area (Å²) >= 11 is 0. The van der Waals surface area contributed by atoms with Gasteiger partial charge in [0.2, 0.25) is 0 Å². The predicted molar refractivity (Wildman–Crippen MR) is 90.1 cm³/mol. The highest BCUT2D eigenvalue weighted by atomic mass is 16.5. The van der Waals surface area contributed by atoms with E-state index >= 15 is 0 Å². The van der Waals surface area contributed by atoms with Crippen LogP contribution >= 0.6 is 0 Å². The zero-order valence-electron chi connectivity index (χ0n) is 12.8. The van der Waals surface area contributed by atoms with E-state index in [-0.39, 0.29) is 0 Å². The van der Waals surface area contributed by atoms with Gasteiger partial charge in [-0.05, 0) is 37.1 Å². The third-order valence-electron chi connectivity index (χ3n) is 3.74. The van der Waals surface area contributed by atoms with Crippen LogP contribution in [-0.4, -0.2) is 9.55 Å². The summed E-state index contributed by atoms with van der Waals surface area (Å²) in [6.07, 6.45) is 2.70. The van der Waals surface area contributed by atoms with Crippen molar-refractivity contribution < 1.29 is 4.74 Å². The number of fused-ring (bicyclic) bond motifs is 1. The van der Waals surface area contributed by atoms with E-state index in [1.165, 1.54) is 0 Å². The molecule has 0 amide bonds. The number of ether oxygens (including phenoxy) is 1. The number of hydrogen-bond donors (Lipinski definition) is 0. The Morgan fingerprint density at radius 1 is 1.14 bits per heavy atom. The second kappa shape index (κ2) is 6.48. The number of para-hydroxylation sites is 3. The molecular formula is C19H20N2O. The Hall–Kier alpha value is -2.55. The monoisotopic (exact) mass is 292 g/mol. The molecule has 0 unspecified atom stereocenters. The van der Waals surface area contributed by atoms with Gasteiger partial charge in [0.25, 0.3) is 0 Å². The van der Waals surface area contributed by atoms with Crippen molar-refractivity contribution in [3.05, 3.63) is 72.6 Å². The molecule has 1 heterocycles. The minimum absolute atomic E-state index is 0.469. The highest BCUT2D eigenvalue weighted by molar-refractivity contribution is 5.75. The van der Waals surface area contributed by atoms with Gasteiger partial charge in [-0.1, -0.05) is 36.4 Å². The van der Waals surface area contributed by atoms with Crippen LogP contribution < -0.4 is 4.74 Å². The lowest BCUT2D eigenvalue weighted by atomic mass is 10.1. The zero-order chi connectivity index (χ0) is 15.4. The van der Waals surface area contributed by atoms with Crippen molar-refractivity contribution in [3.8, 4) is 5.75 Å². The fraction of sp³-hybridized carbons (Fsp3) is 0.211. The van der Waals surface area contributed by atoms with Gasteiger partial charge < -0.3 is 9.30 Å². The summed E-state index contributed by atoms with van der Waals surface area (Å²) in [4.78, 5) is 4.69. The predicted octanol–water partition coefficient (Wildman–Crippen LogP) is 4.36. The smallest absolute Gasteiger partial charge is 0.147 e. The van der Waals surface area contributed by atoms with Crippen molar-refractivity contribution in [1.82, 2.24) is 9.55 Å². The SMILES string of the molecule is C=CCc1ccccc1OCc1nc2ccccc2n1CC. The maximum absolute atomic E-state index is 6.02. The number of nitrogens with zero attached hydrogens (tertiary/aromatic N) is 2. The topological polar surface area (TPSA) is 27.1 Å². The molecule has 1 aromatic heterocycles. The maximum Gasteiger partial charge on any atom is 0.147 e. The Labute approximate surface area is 130 Å². The molecule has 0 saturated carbocycles. The number of aromatic nitrogens is 2. The molecule has 0 saturated heterocycles. The van der Waals surface area contributed by atoms with Crippen LogP contribution in [0.25, 0.3) is 11.0 Å². The second-order valence-electron chi connectivity index (χ2n) is 5.15. The van der Waals surface area contributed by atoms with Gasteiger partial charge >= 0.3 is 0 Å². The lowest BCUT2D eigenvalue weighted by Crippen LogP contribution is -2.06. The van der Waals surface area contributed by atoms with Gasteiger partial charge in [-0.15, -0.1) is 6.58 Å². The zero-order valence-corrected chi connectivity index (χ0v) is 12.8. The van der Waals surface area contributed by atoms with Crippen molar-refractivity contribution in [2.45, 2.75) is 26.5 Å². The third kappa shape index (κ3) is 2.75. The number of aryl methyl sites for hydroxylation is 1. The summed E-state index contributed by atoms with van der Waals surface area (Å²) in [5, 5.41) is 0. The second-order valence-corrected chi connectivity index (χ2v) is 5.15. The van der Waals surface area contributed by atoms with Crippen LogP contribution in [0.15, 0.2) is 61.2 Å². The Balaban J connectivity index is 1.86. The highest BCUT2D eigenvalue weighted by Crippen LogP contribution is 2.21. The molecule has 0 radical (unpaired) electrons. The van der Waals surface area contributed by atoms with Crippen molar-refractivity contribution in [2.75, 3.05) is 0 Å². The molecule has 3 rings (SSSR count). The number of rotatable bonds is 6. The average Bonchev–Trinajstić information content (AvgIpc) is 2.92. The quantitative estimate of drug-likeness (QED) is 0.631. The first-order chi connectivity index (χ1) is 10.8. The molecule has 112 valence electrons. The molecule has 0 N–H and O–H groups in total. The molecule has 0 bridgehead atoms. The highest BCUT2D eigenvalue weighted by Gasteiger charge is 2.10. The van der Waals surface area contributed by atoms with Crippen LogP contribution in [0.4, 0.5) is 0 Å². The summed E-state index contributed by atoms with van der Waals surface area (Å²) in [5.41, 5.74) is 3.32. The Morgan fingerprint density at radius 2 is 1.91 bits per heavy atom. The maximum atomic E-state index is 6.02. The first-order valence-corrected chi connectivity index (χ1v) is 7.59. The lowest BCUT2D eigenvalue weighted by molar-refractivity contribution is 0.288. The summed E-state index contributed by atoms with van der Waals surface area (Å²) in [7, 11) is 0. The molecule has 0 aliphatic rings. The van der Waals surface area contributed by atoms with Crippen LogP contribution in [0.1, 0.15) is 18.3 Å². The van der Waals surface area contributed by atoms with E-state index in [2.05, 4.69) is 30.2 Å². The van der Waals surface area contributed by atoms with Crippen molar-refractivity contribution >= 4 is 11.0 Å². The van der Waals surface area contributed by atoms with Gasteiger partial charge in [0.1, 0.15) is 18.2 Å². The Bertz CT molecular complexity index is 789. The average molecular weight is 292 g/mol. The van der Waals surface area contributed by atoms with E-state index in [0.717, 1.165) is 41.1 Å². The minimum Gasteiger partial charge on any atom is -0.485 e. The molecular weight excluding hydrogens is 272 g/mol. The van der Waals surface area contributed by atoms with E-state index in [4.69, 9.17) is 9.72 Å². The van der Waals surface area contributed by atoms with Gasteiger partial charge in [-0.25, -0.2) is 4.98 Å². The van der Waals surface area contributed by atoms with Gasteiger partial charge in [0.05, 0.1) is 11.0 Å². The molecule has 0 atom stereocenters. The van der Waals surface area contributed by atoms with Crippen molar-refractivity contribution in [1.29, 1.82) is 0 Å². The molecule has 22 heavy (non-hydrogen) atoms. The van der Waals surface area contributed by atoms with Crippen LogP contribution in [-0.2, 0) is 19.6 Å². The number of imidazole rings is 1. The first-order valence-electron chi connectivity index (χ1n) is 7.59. The molecule has 3 aromatic rings. The van der Waals surface area contributed by atoms with Gasteiger partial charge in [0.15, 0.2) is 0 Å². The van der Waals surface area contributed by atoms with E-state index in [1.807, 2.05) is 42.5 Å². The van der Waals surface area contributed by atoms with Gasteiger partial charge in [-0.3, -0.25) is 0 Å².